The number of aromatic nitrogens is 2. The molecule has 0 radical (unpaired) electrons. The van der Waals surface area contributed by atoms with Gasteiger partial charge in [-0.3, -0.25) is 0 Å². The van der Waals surface area contributed by atoms with E-state index in [1.165, 1.54) is 6.20 Å². The van der Waals surface area contributed by atoms with Crippen LogP contribution in [0.25, 0.3) is 11.0 Å². The lowest BCUT2D eigenvalue weighted by Gasteiger charge is -1.96. The molecular weight excluding hydrogens is 168 g/mol. The predicted molar refractivity (Wildman–Crippen MR) is 46.5 cm³/mol. The van der Waals surface area contributed by atoms with E-state index in [-0.39, 0.29) is 5.56 Å². The van der Waals surface area contributed by atoms with Crippen molar-refractivity contribution in [1.82, 2.24) is 9.97 Å². The zero-order valence-corrected chi connectivity index (χ0v) is 6.64. The van der Waals surface area contributed by atoms with Crippen LogP contribution in [0.4, 0.5) is 0 Å². The molecule has 2 aromatic rings. The largest absolute Gasteiger partial charge is 0.478 e. The first kappa shape index (κ1) is 7.67. The van der Waals surface area contributed by atoms with Crippen molar-refractivity contribution < 1.29 is 9.90 Å². The Bertz CT molecular complexity index is 468. The molecule has 0 saturated carbocycles. The third kappa shape index (κ3) is 1.33. The fourth-order valence-corrected chi connectivity index (χ4v) is 1.08. The van der Waals surface area contributed by atoms with Crippen molar-refractivity contribution in [3.63, 3.8) is 0 Å². The molecule has 4 heteroatoms. The summed E-state index contributed by atoms with van der Waals surface area (Å²) in [6.07, 6.45) is 2.92. The molecule has 0 bridgehead atoms. The molecule has 13 heavy (non-hydrogen) atoms. The Morgan fingerprint density at radius 1 is 1.38 bits per heavy atom. The van der Waals surface area contributed by atoms with Gasteiger partial charge in [0.05, 0.1) is 5.56 Å². The molecule has 0 aromatic carbocycles. The first-order valence-electron chi connectivity index (χ1n) is 3.71. The number of hydrogen-bond acceptors (Lipinski definition) is 3. The molecule has 2 rings (SSSR count). The van der Waals surface area contributed by atoms with Gasteiger partial charge in [0.2, 0.25) is 0 Å². The lowest BCUT2D eigenvalue weighted by Crippen LogP contribution is -1.97. The van der Waals surface area contributed by atoms with Crippen LogP contribution in [-0.2, 0) is 0 Å². The van der Waals surface area contributed by atoms with Crippen molar-refractivity contribution in [1.29, 1.82) is 0 Å². The Kier molecular flexibility index (Phi) is 1.66. The van der Waals surface area contributed by atoms with E-state index in [9.17, 15) is 4.79 Å². The number of pyridine rings is 2. The normalized spacial score (nSPS) is 10.2. The Hall–Kier alpha value is -1.97. The fourth-order valence-electron chi connectivity index (χ4n) is 1.08. The third-order valence-corrected chi connectivity index (χ3v) is 1.70. The quantitative estimate of drug-likeness (QED) is 0.708. The topological polar surface area (TPSA) is 63.1 Å². The van der Waals surface area contributed by atoms with Crippen LogP contribution < -0.4 is 0 Å². The highest BCUT2D eigenvalue weighted by molar-refractivity contribution is 5.91. The van der Waals surface area contributed by atoms with E-state index in [4.69, 9.17) is 5.11 Å². The molecule has 0 atom stereocenters. The Balaban J connectivity index is 2.69. The van der Waals surface area contributed by atoms with Gasteiger partial charge in [0.25, 0.3) is 0 Å². The summed E-state index contributed by atoms with van der Waals surface area (Å²) in [5.41, 5.74) is 0.744. The van der Waals surface area contributed by atoms with Gasteiger partial charge in [0.1, 0.15) is 0 Å². The zero-order chi connectivity index (χ0) is 9.26. The molecule has 0 unspecified atom stereocenters. The van der Waals surface area contributed by atoms with Crippen LogP contribution in [-0.4, -0.2) is 21.0 Å². The van der Waals surface area contributed by atoms with Crippen LogP contribution in [0.2, 0.25) is 0 Å². The lowest BCUT2D eigenvalue weighted by molar-refractivity contribution is 0.0696. The van der Waals surface area contributed by atoms with Crippen molar-refractivity contribution in [2.75, 3.05) is 0 Å². The molecule has 0 amide bonds. The zero-order valence-electron chi connectivity index (χ0n) is 6.64. The number of fused-ring (bicyclic) bond motifs is 1. The standard InChI is InChI=1S/C9H6N2O2/c12-9(13)7-4-6-2-1-3-10-8(6)11-5-7/h1-5H,(H,12,13). The lowest BCUT2D eigenvalue weighted by atomic mass is 10.2. The van der Waals surface area contributed by atoms with E-state index in [1.807, 2.05) is 0 Å². The van der Waals surface area contributed by atoms with Crippen molar-refractivity contribution >= 4 is 17.0 Å². The van der Waals surface area contributed by atoms with E-state index in [1.54, 1.807) is 24.4 Å². The maximum Gasteiger partial charge on any atom is 0.337 e. The van der Waals surface area contributed by atoms with Gasteiger partial charge in [0, 0.05) is 17.8 Å². The highest BCUT2D eigenvalue weighted by Gasteiger charge is 2.03. The van der Waals surface area contributed by atoms with Gasteiger partial charge in [-0.25, -0.2) is 14.8 Å². The Morgan fingerprint density at radius 2 is 2.23 bits per heavy atom. The summed E-state index contributed by atoms with van der Waals surface area (Å²) < 4.78 is 0. The monoisotopic (exact) mass is 174 g/mol. The minimum atomic E-state index is -0.974. The molecule has 0 aliphatic rings. The van der Waals surface area contributed by atoms with E-state index in [0.29, 0.717) is 5.65 Å². The summed E-state index contributed by atoms with van der Waals surface area (Å²) in [4.78, 5) is 18.5. The van der Waals surface area contributed by atoms with Gasteiger partial charge in [-0.15, -0.1) is 0 Å². The molecule has 2 heterocycles. The number of nitrogens with zero attached hydrogens (tertiary/aromatic N) is 2. The molecule has 0 fully saturated rings. The summed E-state index contributed by atoms with van der Waals surface area (Å²) in [5.74, 6) is -0.974. The first-order chi connectivity index (χ1) is 6.27. The second-order valence-corrected chi connectivity index (χ2v) is 2.58. The molecule has 2 aromatic heterocycles. The second kappa shape index (κ2) is 2.82. The van der Waals surface area contributed by atoms with Gasteiger partial charge in [0.15, 0.2) is 5.65 Å². The number of rotatable bonds is 1. The summed E-state index contributed by atoms with van der Waals surface area (Å²) in [6, 6.07) is 5.08. The number of carboxylic acids is 1. The van der Waals surface area contributed by atoms with Crippen LogP contribution in [0.15, 0.2) is 30.6 Å². The maximum atomic E-state index is 10.6. The molecule has 0 spiro atoms. The molecule has 0 aliphatic heterocycles. The molecular formula is C9H6N2O2. The van der Waals surface area contributed by atoms with Gasteiger partial charge < -0.3 is 5.11 Å². The van der Waals surface area contributed by atoms with Crippen LogP contribution in [0.3, 0.4) is 0 Å². The minimum absolute atomic E-state index is 0.181. The van der Waals surface area contributed by atoms with Crippen molar-refractivity contribution in [2.45, 2.75) is 0 Å². The van der Waals surface area contributed by atoms with E-state index in [0.717, 1.165) is 5.39 Å². The SMILES string of the molecule is O=C(O)c1cnc2ncccc2c1. The molecule has 0 saturated heterocycles. The van der Waals surface area contributed by atoms with E-state index < -0.39 is 5.97 Å². The Labute approximate surface area is 73.9 Å². The number of aromatic carboxylic acids is 1. The van der Waals surface area contributed by atoms with E-state index >= 15 is 0 Å². The molecule has 4 nitrogen and oxygen atoms in total. The number of hydrogen-bond donors (Lipinski definition) is 1. The van der Waals surface area contributed by atoms with Crippen molar-refractivity contribution in [3.05, 3.63) is 36.2 Å². The molecule has 1 N–H and O–H groups in total. The summed E-state index contributed by atoms with van der Waals surface area (Å²) in [5, 5.41) is 9.42. The average Bonchev–Trinajstić information content (AvgIpc) is 2.17. The van der Waals surface area contributed by atoms with Crippen molar-refractivity contribution in [3.8, 4) is 0 Å². The summed E-state index contributed by atoms with van der Waals surface area (Å²) in [7, 11) is 0. The summed E-state index contributed by atoms with van der Waals surface area (Å²) >= 11 is 0. The van der Waals surface area contributed by atoms with Gasteiger partial charge in [-0.1, -0.05) is 0 Å². The third-order valence-electron chi connectivity index (χ3n) is 1.70. The van der Waals surface area contributed by atoms with Crippen LogP contribution in [0, 0.1) is 0 Å². The van der Waals surface area contributed by atoms with Crippen LogP contribution in [0.1, 0.15) is 10.4 Å². The number of carboxylic acid groups (broad SMARTS) is 1. The second-order valence-electron chi connectivity index (χ2n) is 2.58. The van der Waals surface area contributed by atoms with E-state index in [2.05, 4.69) is 9.97 Å². The van der Waals surface area contributed by atoms with Gasteiger partial charge in [-0.2, -0.15) is 0 Å². The van der Waals surface area contributed by atoms with Gasteiger partial charge in [-0.05, 0) is 18.2 Å². The molecule has 64 valence electrons. The number of carbonyl (C=O) groups is 1. The highest BCUT2D eigenvalue weighted by atomic mass is 16.4. The summed E-state index contributed by atoms with van der Waals surface area (Å²) in [6.45, 7) is 0. The average molecular weight is 174 g/mol. The smallest absolute Gasteiger partial charge is 0.337 e. The minimum Gasteiger partial charge on any atom is -0.478 e. The molecule has 0 aliphatic carbocycles. The van der Waals surface area contributed by atoms with Crippen molar-refractivity contribution in [2.24, 2.45) is 0 Å². The predicted octanol–water partition coefficient (Wildman–Crippen LogP) is 1.33. The fraction of sp³-hybridized carbons (Fsp3) is 0. The highest BCUT2D eigenvalue weighted by Crippen LogP contribution is 2.09. The Morgan fingerprint density at radius 3 is 3.00 bits per heavy atom. The van der Waals surface area contributed by atoms with Crippen LogP contribution in [0.5, 0.6) is 0 Å². The first-order valence-corrected chi connectivity index (χ1v) is 3.71. The van der Waals surface area contributed by atoms with Crippen LogP contribution >= 0.6 is 0 Å². The van der Waals surface area contributed by atoms with Gasteiger partial charge >= 0.3 is 5.97 Å². The maximum absolute atomic E-state index is 10.6.